The van der Waals surface area contributed by atoms with E-state index in [1.54, 1.807) is 0 Å². The van der Waals surface area contributed by atoms with E-state index in [9.17, 15) is 18.0 Å². The Morgan fingerprint density at radius 1 is 1.40 bits per heavy atom. The number of hydrogen-bond acceptors (Lipinski definition) is 4. The molecule has 1 aliphatic rings. The van der Waals surface area contributed by atoms with Crippen molar-refractivity contribution in [2.24, 2.45) is 0 Å². The molecule has 0 aromatic heterocycles. The number of carbonyl (C=O) groups is 2. The van der Waals surface area contributed by atoms with Crippen molar-refractivity contribution in [3.8, 4) is 0 Å². The first-order valence-electron chi connectivity index (χ1n) is 4.56. The lowest BCUT2D eigenvalue weighted by Crippen LogP contribution is -2.45. The fourth-order valence-corrected chi connectivity index (χ4v) is 3.29. The minimum Gasteiger partial charge on any atom is -0.351 e. The molecule has 0 radical (unpaired) electrons. The number of likely N-dealkylation sites (N-methyl/N-ethyl adjacent to an activating group) is 2. The third kappa shape index (κ3) is 2.68. The SMILES string of the molecule is CNC(=O)C(=O)N(C)C1CCS(=O)(=O)C1. The quantitative estimate of drug-likeness (QED) is 0.553. The highest BCUT2D eigenvalue weighted by molar-refractivity contribution is 7.91. The average Bonchev–Trinajstić information content (AvgIpc) is 2.55. The molecule has 0 saturated carbocycles. The van der Waals surface area contributed by atoms with Gasteiger partial charge in [-0.25, -0.2) is 8.42 Å². The summed E-state index contributed by atoms with van der Waals surface area (Å²) in [6.07, 6.45) is 0.404. The van der Waals surface area contributed by atoms with E-state index in [0.717, 1.165) is 0 Å². The van der Waals surface area contributed by atoms with Crippen molar-refractivity contribution in [1.29, 1.82) is 0 Å². The van der Waals surface area contributed by atoms with Crippen LogP contribution in [0.25, 0.3) is 0 Å². The van der Waals surface area contributed by atoms with Gasteiger partial charge in [0.15, 0.2) is 9.84 Å². The highest BCUT2D eigenvalue weighted by atomic mass is 32.2. The van der Waals surface area contributed by atoms with Crippen LogP contribution in [0.4, 0.5) is 0 Å². The Kier molecular flexibility index (Phi) is 3.33. The van der Waals surface area contributed by atoms with Crippen molar-refractivity contribution < 1.29 is 18.0 Å². The summed E-state index contributed by atoms with van der Waals surface area (Å²) >= 11 is 0. The molecule has 0 aromatic carbocycles. The maximum absolute atomic E-state index is 11.4. The van der Waals surface area contributed by atoms with Gasteiger partial charge in [0.05, 0.1) is 11.5 Å². The average molecular weight is 234 g/mol. The summed E-state index contributed by atoms with van der Waals surface area (Å²) in [4.78, 5) is 23.6. The first-order valence-corrected chi connectivity index (χ1v) is 6.39. The van der Waals surface area contributed by atoms with Gasteiger partial charge in [-0.2, -0.15) is 0 Å². The maximum atomic E-state index is 11.4. The number of amides is 2. The number of hydrogen-bond donors (Lipinski definition) is 1. The second kappa shape index (κ2) is 4.18. The van der Waals surface area contributed by atoms with Crippen LogP contribution in [0.15, 0.2) is 0 Å². The molecule has 1 aliphatic heterocycles. The van der Waals surface area contributed by atoms with Crippen LogP contribution in [-0.2, 0) is 19.4 Å². The second-order valence-electron chi connectivity index (χ2n) is 3.55. The van der Waals surface area contributed by atoms with Crippen LogP contribution >= 0.6 is 0 Å². The van der Waals surface area contributed by atoms with Gasteiger partial charge in [0.25, 0.3) is 0 Å². The van der Waals surface area contributed by atoms with Crippen LogP contribution in [-0.4, -0.2) is 56.8 Å². The monoisotopic (exact) mass is 234 g/mol. The normalized spacial score (nSPS) is 23.5. The standard InChI is InChI=1S/C8H14N2O4S/c1-9-7(11)8(12)10(2)6-3-4-15(13,14)5-6/h6H,3-5H2,1-2H3,(H,9,11). The Morgan fingerprint density at radius 2 is 2.00 bits per heavy atom. The first-order chi connectivity index (χ1) is 6.87. The molecule has 7 heteroatoms. The van der Waals surface area contributed by atoms with Crippen molar-refractivity contribution in [3.05, 3.63) is 0 Å². The lowest BCUT2D eigenvalue weighted by molar-refractivity contribution is -0.145. The van der Waals surface area contributed by atoms with Crippen LogP contribution < -0.4 is 5.32 Å². The molecule has 1 heterocycles. The molecule has 0 aliphatic carbocycles. The largest absolute Gasteiger partial charge is 0.351 e. The van der Waals surface area contributed by atoms with Crippen LogP contribution in [0.2, 0.25) is 0 Å². The maximum Gasteiger partial charge on any atom is 0.311 e. The molecular weight excluding hydrogens is 220 g/mol. The lowest BCUT2D eigenvalue weighted by atomic mass is 10.2. The minimum atomic E-state index is -3.03. The third-order valence-corrected chi connectivity index (χ3v) is 4.25. The van der Waals surface area contributed by atoms with E-state index in [2.05, 4.69) is 5.32 Å². The van der Waals surface area contributed by atoms with Crippen molar-refractivity contribution in [2.75, 3.05) is 25.6 Å². The number of nitrogens with zero attached hydrogens (tertiary/aromatic N) is 1. The van der Waals surface area contributed by atoms with Gasteiger partial charge in [0, 0.05) is 20.1 Å². The Morgan fingerprint density at radius 3 is 2.40 bits per heavy atom. The van der Waals surface area contributed by atoms with Crippen molar-refractivity contribution in [2.45, 2.75) is 12.5 Å². The minimum absolute atomic E-state index is 0.0494. The van der Waals surface area contributed by atoms with E-state index < -0.39 is 21.7 Å². The predicted octanol–water partition coefficient (Wildman–Crippen LogP) is -1.62. The number of carbonyl (C=O) groups excluding carboxylic acids is 2. The van der Waals surface area contributed by atoms with E-state index >= 15 is 0 Å². The zero-order valence-electron chi connectivity index (χ0n) is 8.69. The lowest BCUT2D eigenvalue weighted by Gasteiger charge is -2.22. The van der Waals surface area contributed by atoms with Gasteiger partial charge < -0.3 is 10.2 Å². The zero-order chi connectivity index (χ0) is 11.6. The van der Waals surface area contributed by atoms with Gasteiger partial charge in [0.2, 0.25) is 0 Å². The van der Waals surface area contributed by atoms with E-state index in [4.69, 9.17) is 0 Å². The summed E-state index contributed by atoms with van der Waals surface area (Å²) in [5.41, 5.74) is 0. The molecule has 1 fully saturated rings. The molecule has 15 heavy (non-hydrogen) atoms. The van der Waals surface area contributed by atoms with E-state index in [0.29, 0.717) is 6.42 Å². The fraction of sp³-hybridized carbons (Fsp3) is 0.750. The van der Waals surface area contributed by atoms with Crippen LogP contribution in [0.3, 0.4) is 0 Å². The van der Waals surface area contributed by atoms with Crippen molar-refractivity contribution in [3.63, 3.8) is 0 Å². The smallest absolute Gasteiger partial charge is 0.311 e. The van der Waals surface area contributed by atoms with Crippen LogP contribution in [0.5, 0.6) is 0 Å². The summed E-state index contributed by atoms with van der Waals surface area (Å²) in [7, 11) is -0.224. The predicted molar refractivity (Wildman–Crippen MR) is 53.9 cm³/mol. The van der Waals surface area contributed by atoms with E-state index in [1.807, 2.05) is 0 Å². The van der Waals surface area contributed by atoms with Gasteiger partial charge in [-0.1, -0.05) is 0 Å². The zero-order valence-corrected chi connectivity index (χ0v) is 9.50. The molecule has 1 unspecified atom stereocenters. The molecule has 6 nitrogen and oxygen atoms in total. The Labute approximate surface area is 88.5 Å². The molecule has 1 atom stereocenters. The third-order valence-electron chi connectivity index (χ3n) is 2.50. The van der Waals surface area contributed by atoms with Gasteiger partial charge in [0.1, 0.15) is 0 Å². The fourth-order valence-electron chi connectivity index (χ4n) is 1.51. The molecule has 1 rings (SSSR count). The summed E-state index contributed by atoms with van der Waals surface area (Å²) < 4.78 is 22.3. The number of rotatable bonds is 1. The summed E-state index contributed by atoms with van der Waals surface area (Å²) in [5.74, 6) is -1.38. The Hall–Kier alpha value is -1.11. The van der Waals surface area contributed by atoms with Crippen molar-refractivity contribution in [1.82, 2.24) is 10.2 Å². The summed E-state index contributed by atoms with van der Waals surface area (Å²) in [6, 6.07) is -0.375. The summed E-state index contributed by atoms with van der Waals surface area (Å²) in [6.45, 7) is 0. The van der Waals surface area contributed by atoms with Gasteiger partial charge in [-0.3, -0.25) is 9.59 Å². The van der Waals surface area contributed by atoms with Crippen LogP contribution in [0, 0.1) is 0 Å². The van der Waals surface area contributed by atoms with Crippen LogP contribution in [0.1, 0.15) is 6.42 Å². The van der Waals surface area contributed by atoms with E-state index in [-0.39, 0.29) is 17.5 Å². The Bertz CT molecular complexity index is 376. The molecule has 86 valence electrons. The molecule has 1 N–H and O–H groups in total. The van der Waals surface area contributed by atoms with E-state index in [1.165, 1.54) is 19.0 Å². The molecule has 2 amide bonds. The molecular formula is C8H14N2O4S. The number of sulfone groups is 1. The molecule has 0 spiro atoms. The topological polar surface area (TPSA) is 83.6 Å². The van der Waals surface area contributed by atoms with Gasteiger partial charge in [-0.05, 0) is 6.42 Å². The number of nitrogens with one attached hydrogen (secondary N) is 1. The molecule has 1 saturated heterocycles. The Balaban J connectivity index is 2.67. The first kappa shape index (κ1) is 12.0. The molecule has 0 bridgehead atoms. The van der Waals surface area contributed by atoms with Crippen molar-refractivity contribution >= 4 is 21.7 Å². The summed E-state index contributed by atoms with van der Waals surface area (Å²) in [5, 5.41) is 2.21. The highest BCUT2D eigenvalue weighted by Crippen LogP contribution is 2.16. The highest BCUT2D eigenvalue weighted by Gasteiger charge is 2.34. The second-order valence-corrected chi connectivity index (χ2v) is 5.78. The van der Waals surface area contributed by atoms with Gasteiger partial charge in [-0.15, -0.1) is 0 Å². The molecule has 0 aromatic rings. The van der Waals surface area contributed by atoms with Gasteiger partial charge >= 0.3 is 11.8 Å².